The lowest BCUT2D eigenvalue weighted by molar-refractivity contribution is -0.384. The van der Waals surface area contributed by atoms with Crippen LogP contribution < -0.4 is 4.74 Å². The fourth-order valence-corrected chi connectivity index (χ4v) is 2.43. The molecule has 0 radical (unpaired) electrons. The number of ether oxygens (including phenoxy) is 1. The second-order valence-electron chi connectivity index (χ2n) is 4.95. The topological polar surface area (TPSA) is 69.4 Å². The van der Waals surface area contributed by atoms with E-state index in [1.165, 1.54) is 12.1 Å². The van der Waals surface area contributed by atoms with Crippen molar-refractivity contribution in [3.63, 3.8) is 0 Å². The average molecular weight is 263 g/mol. The molecule has 0 aromatic heterocycles. The van der Waals surface area contributed by atoms with Gasteiger partial charge in [0.05, 0.1) is 11.0 Å². The van der Waals surface area contributed by atoms with Gasteiger partial charge in [-0.1, -0.05) is 0 Å². The third kappa shape index (κ3) is 3.53. The number of carbonyl (C=O) groups is 1. The van der Waals surface area contributed by atoms with E-state index in [-0.39, 0.29) is 23.5 Å². The molecule has 1 fully saturated rings. The number of rotatable bonds is 4. The van der Waals surface area contributed by atoms with Crippen LogP contribution in [0.4, 0.5) is 5.69 Å². The summed E-state index contributed by atoms with van der Waals surface area (Å²) in [6, 6.07) is 6.12. The van der Waals surface area contributed by atoms with Crippen molar-refractivity contribution in [3.8, 4) is 5.75 Å². The maximum Gasteiger partial charge on any atom is 0.269 e. The van der Waals surface area contributed by atoms with E-state index in [9.17, 15) is 14.9 Å². The van der Waals surface area contributed by atoms with E-state index in [2.05, 4.69) is 0 Å². The van der Waals surface area contributed by atoms with Crippen molar-refractivity contribution in [3.05, 3.63) is 34.4 Å². The standard InChI is InChI=1S/C14H17NO4/c1-10(16)11-2-6-13(7-3-11)19-14-8-4-12(5-9-14)15(17)18/h4-5,8-9,11,13H,2-3,6-7H2,1H3. The molecule has 102 valence electrons. The SMILES string of the molecule is CC(=O)C1CCC(Oc2ccc([N+](=O)[O-])cc2)CC1. The van der Waals surface area contributed by atoms with Gasteiger partial charge in [0, 0.05) is 18.1 Å². The van der Waals surface area contributed by atoms with Crippen molar-refractivity contribution in [2.24, 2.45) is 5.92 Å². The van der Waals surface area contributed by atoms with Crippen LogP contribution in [0, 0.1) is 16.0 Å². The first kappa shape index (κ1) is 13.5. The van der Waals surface area contributed by atoms with Crippen molar-refractivity contribution in [2.75, 3.05) is 0 Å². The highest BCUT2D eigenvalue weighted by atomic mass is 16.6. The molecule has 0 spiro atoms. The van der Waals surface area contributed by atoms with Crippen molar-refractivity contribution in [1.29, 1.82) is 0 Å². The summed E-state index contributed by atoms with van der Waals surface area (Å²) in [6.07, 6.45) is 3.57. The Balaban J connectivity index is 1.88. The van der Waals surface area contributed by atoms with Gasteiger partial charge in [-0.2, -0.15) is 0 Å². The molecule has 2 rings (SSSR count). The summed E-state index contributed by atoms with van der Waals surface area (Å²) in [4.78, 5) is 21.4. The van der Waals surface area contributed by atoms with E-state index in [4.69, 9.17) is 4.74 Å². The second-order valence-corrected chi connectivity index (χ2v) is 4.95. The normalized spacial score (nSPS) is 22.8. The van der Waals surface area contributed by atoms with Gasteiger partial charge in [-0.05, 0) is 44.7 Å². The Labute approximate surface area is 111 Å². The largest absolute Gasteiger partial charge is 0.490 e. The van der Waals surface area contributed by atoms with Gasteiger partial charge in [-0.3, -0.25) is 14.9 Å². The molecule has 0 N–H and O–H groups in total. The molecule has 0 unspecified atom stereocenters. The van der Waals surface area contributed by atoms with Crippen LogP contribution in [-0.4, -0.2) is 16.8 Å². The van der Waals surface area contributed by atoms with E-state index in [0.29, 0.717) is 5.75 Å². The Hall–Kier alpha value is -1.91. The summed E-state index contributed by atoms with van der Waals surface area (Å²) in [5.41, 5.74) is 0.0626. The number of Topliss-reactive ketones (excluding diaryl/α,β-unsaturated/α-hetero) is 1. The van der Waals surface area contributed by atoms with Crippen LogP contribution in [0.1, 0.15) is 32.6 Å². The summed E-state index contributed by atoms with van der Waals surface area (Å²) in [7, 11) is 0. The lowest BCUT2D eigenvalue weighted by Gasteiger charge is -2.27. The predicted molar refractivity (Wildman–Crippen MR) is 70.2 cm³/mol. The Morgan fingerprint density at radius 2 is 1.79 bits per heavy atom. The van der Waals surface area contributed by atoms with E-state index in [1.807, 2.05) is 0 Å². The van der Waals surface area contributed by atoms with Gasteiger partial charge in [0.25, 0.3) is 5.69 Å². The summed E-state index contributed by atoms with van der Waals surface area (Å²) in [5.74, 6) is 1.09. The molecule has 5 nitrogen and oxygen atoms in total. The molecule has 5 heteroatoms. The predicted octanol–water partition coefficient (Wildman–Crippen LogP) is 3.12. The van der Waals surface area contributed by atoms with Gasteiger partial charge in [0.2, 0.25) is 0 Å². The van der Waals surface area contributed by atoms with E-state index in [1.54, 1.807) is 19.1 Å². The number of nitro groups is 1. The molecule has 0 aliphatic heterocycles. The van der Waals surface area contributed by atoms with Gasteiger partial charge >= 0.3 is 0 Å². The van der Waals surface area contributed by atoms with Crippen LogP contribution in [-0.2, 0) is 4.79 Å². The Kier molecular flexibility index (Phi) is 4.14. The molecule has 0 atom stereocenters. The highest BCUT2D eigenvalue weighted by molar-refractivity contribution is 5.78. The molecule has 1 aromatic rings. The van der Waals surface area contributed by atoms with Crippen LogP contribution in [0.25, 0.3) is 0 Å². The third-order valence-electron chi connectivity index (χ3n) is 3.60. The summed E-state index contributed by atoms with van der Waals surface area (Å²) in [6.45, 7) is 1.64. The van der Waals surface area contributed by atoms with Gasteiger partial charge in [-0.25, -0.2) is 0 Å². The Morgan fingerprint density at radius 3 is 2.26 bits per heavy atom. The minimum Gasteiger partial charge on any atom is -0.490 e. The van der Waals surface area contributed by atoms with Crippen molar-refractivity contribution in [1.82, 2.24) is 0 Å². The molecule has 0 heterocycles. The average Bonchev–Trinajstić information content (AvgIpc) is 2.40. The smallest absolute Gasteiger partial charge is 0.269 e. The number of non-ortho nitro benzene ring substituents is 1. The zero-order chi connectivity index (χ0) is 13.8. The van der Waals surface area contributed by atoms with Crippen LogP contribution in [0.3, 0.4) is 0 Å². The first-order valence-electron chi connectivity index (χ1n) is 6.48. The van der Waals surface area contributed by atoms with Crippen LogP contribution >= 0.6 is 0 Å². The lowest BCUT2D eigenvalue weighted by atomic mass is 9.85. The van der Waals surface area contributed by atoms with Crippen molar-refractivity contribution < 1.29 is 14.5 Å². The van der Waals surface area contributed by atoms with Crippen molar-refractivity contribution in [2.45, 2.75) is 38.7 Å². The Morgan fingerprint density at radius 1 is 1.21 bits per heavy atom. The van der Waals surface area contributed by atoms with Gasteiger partial charge in [0.1, 0.15) is 11.5 Å². The monoisotopic (exact) mass is 263 g/mol. The number of hydrogen-bond donors (Lipinski definition) is 0. The lowest BCUT2D eigenvalue weighted by Crippen LogP contribution is -2.26. The molecule has 19 heavy (non-hydrogen) atoms. The fraction of sp³-hybridized carbons (Fsp3) is 0.500. The zero-order valence-electron chi connectivity index (χ0n) is 10.9. The third-order valence-corrected chi connectivity index (χ3v) is 3.60. The van der Waals surface area contributed by atoms with Gasteiger partial charge in [0.15, 0.2) is 0 Å². The molecular formula is C14H17NO4. The highest BCUT2D eigenvalue weighted by Crippen LogP contribution is 2.28. The summed E-state index contributed by atoms with van der Waals surface area (Å²) in [5, 5.41) is 10.5. The quantitative estimate of drug-likeness (QED) is 0.618. The van der Waals surface area contributed by atoms with Crippen LogP contribution in [0.15, 0.2) is 24.3 Å². The van der Waals surface area contributed by atoms with Crippen LogP contribution in [0.2, 0.25) is 0 Å². The van der Waals surface area contributed by atoms with Gasteiger partial charge in [-0.15, -0.1) is 0 Å². The number of carbonyl (C=O) groups excluding carboxylic acids is 1. The van der Waals surface area contributed by atoms with E-state index in [0.717, 1.165) is 25.7 Å². The fourth-order valence-electron chi connectivity index (χ4n) is 2.43. The maximum atomic E-state index is 11.3. The summed E-state index contributed by atoms with van der Waals surface area (Å²) < 4.78 is 5.78. The second kappa shape index (κ2) is 5.82. The molecule has 1 aromatic carbocycles. The number of ketones is 1. The first-order valence-corrected chi connectivity index (χ1v) is 6.48. The highest BCUT2D eigenvalue weighted by Gasteiger charge is 2.25. The van der Waals surface area contributed by atoms with Crippen molar-refractivity contribution >= 4 is 11.5 Å². The zero-order valence-corrected chi connectivity index (χ0v) is 10.9. The molecular weight excluding hydrogens is 246 g/mol. The molecule has 1 saturated carbocycles. The minimum atomic E-state index is -0.429. The summed E-state index contributed by atoms with van der Waals surface area (Å²) >= 11 is 0. The van der Waals surface area contributed by atoms with E-state index < -0.39 is 4.92 Å². The molecule has 0 bridgehead atoms. The van der Waals surface area contributed by atoms with E-state index >= 15 is 0 Å². The van der Waals surface area contributed by atoms with Gasteiger partial charge < -0.3 is 4.74 Å². The first-order chi connectivity index (χ1) is 9.06. The molecule has 1 aliphatic rings. The molecule has 1 aliphatic carbocycles. The number of nitrogens with zero attached hydrogens (tertiary/aromatic N) is 1. The molecule has 0 saturated heterocycles. The maximum absolute atomic E-state index is 11.3. The number of nitro benzene ring substituents is 1. The Bertz CT molecular complexity index is 461. The minimum absolute atomic E-state index is 0.0626. The number of hydrogen-bond acceptors (Lipinski definition) is 4. The number of benzene rings is 1. The van der Waals surface area contributed by atoms with Crippen LogP contribution in [0.5, 0.6) is 5.75 Å². The molecule has 0 amide bonds.